The summed E-state index contributed by atoms with van der Waals surface area (Å²) in [6.45, 7) is 1.29. The molecule has 5 aromatic rings. The number of guanidine groups is 1. The van der Waals surface area contributed by atoms with Crippen LogP contribution in [-0.4, -0.2) is 59.3 Å². The summed E-state index contributed by atoms with van der Waals surface area (Å²) in [5.41, 5.74) is 15.8. The van der Waals surface area contributed by atoms with Crippen LogP contribution < -0.4 is 11.5 Å². The van der Waals surface area contributed by atoms with Gasteiger partial charge < -0.3 is 21.3 Å². The first kappa shape index (κ1) is 32.8. The second-order valence-electron chi connectivity index (χ2n) is 12.4. The van der Waals surface area contributed by atoms with Gasteiger partial charge in [0.05, 0.1) is 12.5 Å². The maximum Gasteiger partial charge on any atom is 0.254 e. The third-order valence-electron chi connectivity index (χ3n) is 9.04. The van der Waals surface area contributed by atoms with Crippen molar-refractivity contribution in [1.82, 2.24) is 9.80 Å². The van der Waals surface area contributed by atoms with Crippen molar-refractivity contribution in [3.63, 3.8) is 0 Å². The molecule has 0 radical (unpaired) electrons. The number of hydrogen-bond acceptors (Lipinski definition) is 3. The Morgan fingerprint density at radius 3 is 2.21 bits per heavy atom. The van der Waals surface area contributed by atoms with E-state index in [-0.39, 0.29) is 36.3 Å². The van der Waals surface area contributed by atoms with Gasteiger partial charge in [-0.1, -0.05) is 109 Å². The molecule has 0 saturated carbocycles. The number of nitrogens with two attached hydrogens (primary N) is 2. The maximum absolute atomic E-state index is 14.4. The van der Waals surface area contributed by atoms with Crippen LogP contribution in [0.4, 0.5) is 0 Å². The molecule has 2 amide bonds. The second-order valence-corrected chi connectivity index (χ2v) is 12.8. The molecule has 0 aromatic heterocycles. The molecule has 0 spiro atoms. The lowest BCUT2D eigenvalue weighted by Crippen LogP contribution is -2.62. The summed E-state index contributed by atoms with van der Waals surface area (Å²) in [6, 6.07) is 39.4. The van der Waals surface area contributed by atoms with E-state index in [4.69, 9.17) is 23.1 Å². The van der Waals surface area contributed by atoms with Crippen molar-refractivity contribution in [2.24, 2.45) is 16.5 Å². The Balaban J connectivity index is 1.30. The van der Waals surface area contributed by atoms with Gasteiger partial charge in [-0.3, -0.25) is 14.6 Å². The standard InChI is InChI=1S/C40H40ClN5O2/c41-35-19-17-31(18-20-35)33-12-6-13-34(25-33)39(48)46-27-37(23-28-8-2-1-3-9-28)45(26-36(46)14-7-21-44-40(42)43)38(47)24-29-15-16-30-10-4-5-11-32(30)22-29/h1-6,8-13,15-20,22,25,36-37H,7,14,21,23-24,26-27H2,(H4,42,43,44)/t36-,37+/m0/s1. The normalized spacial score (nSPS) is 16.1. The highest BCUT2D eigenvalue weighted by atomic mass is 35.5. The first-order valence-electron chi connectivity index (χ1n) is 16.4. The van der Waals surface area contributed by atoms with Crippen LogP contribution in [0, 0.1) is 0 Å². The van der Waals surface area contributed by atoms with Gasteiger partial charge in [0.2, 0.25) is 5.91 Å². The van der Waals surface area contributed by atoms with Crippen LogP contribution in [0.15, 0.2) is 126 Å². The molecule has 5 aromatic carbocycles. The molecule has 1 aliphatic heterocycles. The van der Waals surface area contributed by atoms with Gasteiger partial charge in [-0.2, -0.15) is 0 Å². The first-order chi connectivity index (χ1) is 23.3. The highest BCUT2D eigenvalue weighted by Crippen LogP contribution is 2.28. The zero-order valence-electron chi connectivity index (χ0n) is 26.8. The predicted octanol–water partition coefficient (Wildman–Crippen LogP) is 6.72. The van der Waals surface area contributed by atoms with Crippen LogP contribution in [0.1, 0.15) is 34.3 Å². The second kappa shape index (κ2) is 15.2. The monoisotopic (exact) mass is 657 g/mol. The Hall–Kier alpha value is -5.14. The third kappa shape index (κ3) is 8.04. The number of rotatable bonds is 10. The van der Waals surface area contributed by atoms with Crippen molar-refractivity contribution in [3.8, 4) is 11.1 Å². The molecular formula is C40H40ClN5O2. The summed E-state index contributed by atoms with van der Waals surface area (Å²) in [6.07, 6.45) is 2.25. The van der Waals surface area contributed by atoms with Crippen LogP contribution in [0.25, 0.3) is 21.9 Å². The van der Waals surface area contributed by atoms with Gasteiger partial charge in [0.15, 0.2) is 5.96 Å². The molecule has 2 atom stereocenters. The smallest absolute Gasteiger partial charge is 0.254 e. The molecule has 1 fully saturated rings. The van der Waals surface area contributed by atoms with Gasteiger partial charge in [0.1, 0.15) is 0 Å². The summed E-state index contributed by atoms with van der Waals surface area (Å²) in [5.74, 6) is 0.0373. The number of halogens is 1. The van der Waals surface area contributed by atoms with Crippen molar-refractivity contribution in [2.45, 2.75) is 37.8 Å². The van der Waals surface area contributed by atoms with E-state index in [1.165, 1.54) is 0 Å². The highest BCUT2D eigenvalue weighted by molar-refractivity contribution is 6.30. The van der Waals surface area contributed by atoms with E-state index in [0.717, 1.165) is 33.0 Å². The van der Waals surface area contributed by atoms with E-state index < -0.39 is 0 Å². The van der Waals surface area contributed by atoms with Crippen molar-refractivity contribution >= 4 is 40.1 Å². The number of hydrogen-bond donors (Lipinski definition) is 2. The molecule has 1 saturated heterocycles. The molecule has 8 heteroatoms. The van der Waals surface area contributed by atoms with Crippen molar-refractivity contribution in [1.29, 1.82) is 0 Å². The minimum atomic E-state index is -0.210. The molecule has 1 aliphatic rings. The quantitative estimate of drug-likeness (QED) is 0.0988. The van der Waals surface area contributed by atoms with Crippen molar-refractivity contribution < 1.29 is 9.59 Å². The van der Waals surface area contributed by atoms with E-state index in [9.17, 15) is 9.59 Å². The van der Waals surface area contributed by atoms with Crippen LogP contribution in [-0.2, 0) is 17.6 Å². The molecule has 48 heavy (non-hydrogen) atoms. The molecular weight excluding hydrogens is 618 g/mol. The summed E-state index contributed by atoms with van der Waals surface area (Å²) in [4.78, 5) is 36.7. The number of nitrogens with zero attached hydrogens (tertiary/aromatic N) is 3. The summed E-state index contributed by atoms with van der Waals surface area (Å²) < 4.78 is 0. The number of amides is 2. The number of piperazine rings is 1. The van der Waals surface area contributed by atoms with Crippen molar-refractivity contribution in [3.05, 3.63) is 143 Å². The number of benzene rings is 5. The van der Waals surface area contributed by atoms with Crippen LogP contribution in [0.5, 0.6) is 0 Å². The lowest BCUT2D eigenvalue weighted by molar-refractivity contribution is -0.136. The number of carbonyl (C=O) groups excluding carboxylic acids is 2. The molecule has 7 nitrogen and oxygen atoms in total. The van der Waals surface area contributed by atoms with Gasteiger partial charge in [0.25, 0.3) is 5.91 Å². The van der Waals surface area contributed by atoms with Crippen molar-refractivity contribution in [2.75, 3.05) is 19.6 Å². The Labute approximate surface area is 286 Å². The van der Waals surface area contributed by atoms with E-state index in [0.29, 0.717) is 49.5 Å². The third-order valence-corrected chi connectivity index (χ3v) is 9.29. The Morgan fingerprint density at radius 2 is 1.44 bits per heavy atom. The minimum Gasteiger partial charge on any atom is -0.370 e. The zero-order chi connectivity index (χ0) is 33.5. The van der Waals surface area contributed by atoms with Gasteiger partial charge in [0, 0.05) is 36.3 Å². The van der Waals surface area contributed by atoms with E-state index in [2.05, 4.69) is 41.4 Å². The van der Waals surface area contributed by atoms with E-state index in [1.54, 1.807) is 0 Å². The lowest BCUT2D eigenvalue weighted by Gasteiger charge is -2.47. The fourth-order valence-corrected chi connectivity index (χ4v) is 6.74. The zero-order valence-corrected chi connectivity index (χ0v) is 27.6. The average molecular weight is 658 g/mol. The largest absolute Gasteiger partial charge is 0.370 e. The summed E-state index contributed by atoms with van der Waals surface area (Å²) >= 11 is 6.13. The molecule has 6 rings (SSSR count). The van der Waals surface area contributed by atoms with E-state index in [1.807, 2.05) is 94.7 Å². The predicted molar refractivity (Wildman–Crippen MR) is 195 cm³/mol. The Bertz CT molecular complexity index is 1910. The van der Waals surface area contributed by atoms with Gasteiger partial charge in [-0.15, -0.1) is 0 Å². The molecule has 244 valence electrons. The van der Waals surface area contributed by atoms with E-state index >= 15 is 0 Å². The highest BCUT2D eigenvalue weighted by Gasteiger charge is 2.38. The SMILES string of the molecule is NC(N)=NCCC[C@H]1CN(C(=O)Cc2ccc3ccccc3c2)[C@H](Cc2ccccc2)CN1C(=O)c1cccc(-c2ccc(Cl)cc2)c1. The molecule has 0 bridgehead atoms. The fraction of sp³-hybridized carbons (Fsp3) is 0.225. The van der Waals surface area contributed by atoms with Crippen LogP contribution in [0.2, 0.25) is 5.02 Å². The lowest BCUT2D eigenvalue weighted by atomic mass is 9.94. The molecule has 4 N–H and O–H groups in total. The molecule has 0 aliphatic carbocycles. The Kier molecular flexibility index (Phi) is 10.4. The van der Waals surface area contributed by atoms with Crippen LogP contribution >= 0.6 is 11.6 Å². The minimum absolute atomic E-state index is 0.0423. The topological polar surface area (TPSA) is 105 Å². The average Bonchev–Trinajstić information content (AvgIpc) is 3.10. The number of aliphatic imine (C=N–C) groups is 1. The molecule has 1 heterocycles. The first-order valence-corrected chi connectivity index (χ1v) is 16.8. The van der Waals surface area contributed by atoms with Gasteiger partial charge in [-0.25, -0.2) is 0 Å². The van der Waals surface area contributed by atoms with Crippen LogP contribution in [0.3, 0.4) is 0 Å². The maximum atomic E-state index is 14.4. The Morgan fingerprint density at radius 1 is 0.708 bits per heavy atom. The van der Waals surface area contributed by atoms with Gasteiger partial charge >= 0.3 is 0 Å². The molecule has 0 unspecified atom stereocenters. The number of carbonyl (C=O) groups is 2. The summed E-state index contributed by atoms with van der Waals surface area (Å²) in [5, 5.41) is 2.91. The summed E-state index contributed by atoms with van der Waals surface area (Å²) in [7, 11) is 0. The van der Waals surface area contributed by atoms with Gasteiger partial charge in [-0.05, 0) is 76.6 Å². The number of fused-ring (bicyclic) bond motifs is 1. The fourth-order valence-electron chi connectivity index (χ4n) is 6.61.